The van der Waals surface area contributed by atoms with Crippen LogP contribution in [0.25, 0.3) is 32.7 Å². The summed E-state index contributed by atoms with van der Waals surface area (Å²) < 4.78 is 6.43. The van der Waals surface area contributed by atoms with Crippen LogP contribution in [-0.4, -0.2) is 11.7 Å². The Labute approximate surface area is 185 Å². The number of hydrogen-bond acceptors (Lipinski definition) is 2. The molecule has 0 saturated heterocycles. The summed E-state index contributed by atoms with van der Waals surface area (Å²) in [6, 6.07) is 24.5. The molecule has 1 fully saturated rings. The van der Waals surface area contributed by atoms with Crippen LogP contribution in [0.5, 0.6) is 11.5 Å². The molecular formula is C27H28O2S. The molecule has 0 amide bonds. The third-order valence-electron chi connectivity index (χ3n) is 6.25. The Morgan fingerprint density at radius 3 is 2.00 bits per heavy atom. The van der Waals surface area contributed by atoms with Crippen molar-refractivity contribution in [1.29, 1.82) is 0 Å². The Kier molecular flexibility index (Phi) is 6.19. The number of hydrogen-bond donors (Lipinski definition) is 1. The number of phenols is 1. The molecule has 1 saturated carbocycles. The molecule has 5 rings (SSSR count). The number of benzene rings is 4. The average molecular weight is 417 g/mol. The van der Waals surface area contributed by atoms with Gasteiger partial charge in [-0.1, -0.05) is 79.9 Å². The summed E-state index contributed by atoms with van der Waals surface area (Å²) in [5.74, 6) is 1.78. The van der Waals surface area contributed by atoms with Crippen molar-refractivity contribution in [1.82, 2.24) is 0 Å². The predicted octanol–water partition coefficient (Wildman–Crippen LogP) is 7.44. The van der Waals surface area contributed by atoms with E-state index in [9.17, 15) is 5.11 Å². The summed E-state index contributed by atoms with van der Waals surface area (Å²) in [5.41, 5.74) is 1.85. The van der Waals surface area contributed by atoms with Crippen molar-refractivity contribution in [3.05, 3.63) is 72.8 Å². The van der Waals surface area contributed by atoms with Crippen molar-refractivity contribution in [2.75, 3.05) is 6.61 Å². The molecule has 1 N–H and O–H groups in total. The fourth-order valence-corrected chi connectivity index (χ4v) is 4.71. The Morgan fingerprint density at radius 1 is 0.700 bits per heavy atom. The average Bonchev–Trinajstić information content (AvgIpc) is 2.78. The van der Waals surface area contributed by atoms with Crippen LogP contribution in [0, 0.1) is 5.92 Å². The third kappa shape index (κ3) is 3.87. The van der Waals surface area contributed by atoms with Crippen molar-refractivity contribution < 1.29 is 9.84 Å². The summed E-state index contributed by atoms with van der Waals surface area (Å²) in [6.45, 7) is 0.747. The van der Waals surface area contributed by atoms with Crippen LogP contribution >= 0.6 is 13.5 Å². The first-order valence-corrected chi connectivity index (χ1v) is 10.7. The molecule has 0 unspecified atom stereocenters. The third-order valence-corrected chi connectivity index (χ3v) is 6.25. The normalized spacial score (nSPS) is 14.5. The van der Waals surface area contributed by atoms with E-state index in [0.717, 1.165) is 45.0 Å². The maximum atomic E-state index is 10.9. The Morgan fingerprint density at radius 2 is 1.30 bits per heavy atom. The lowest BCUT2D eigenvalue weighted by Gasteiger charge is -2.23. The number of fused-ring (bicyclic) bond motifs is 2. The summed E-state index contributed by atoms with van der Waals surface area (Å²) >= 11 is 0. The highest BCUT2D eigenvalue weighted by molar-refractivity contribution is 7.59. The highest BCUT2D eigenvalue weighted by atomic mass is 32.1. The molecule has 0 atom stereocenters. The van der Waals surface area contributed by atoms with Crippen molar-refractivity contribution >= 4 is 35.0 Å². The number of aromatic hydroxyl groups is 1. The van der Waals surface area contributed by atoms with Crippen LogP contribution in [0.4, 0.5) is 0 Å². The zero-order chi connectivity index (χ0) is 19.6. The zero-order valence-corrected chi connectivity index (χ0v) is 18.1. The molecule has 0 aromatic heterocycles. The second kappa shape index (κ2) is 9.01. The van der Waals surface area contributed by atoms with Crippen LogP contribution < -0.4 is 4.74 Å². The maximum Gasteiger partial charge on any atom is 0.127 e. The van der Waals surface area contributed by atoms with E-state index in [2.05, 4.69) is 48.5 Å². The van der Waals surface area contributed by atoms with Gasteiger partial charge in [0.15, 0.2) is 0 Å². The number of rotatable bonds is 4. The lowest BCUT2D eigenvalue weighted by molar-refractivity contribution is 0.209. The lowest BCUT2D eigenvalue weighted by atomic mass is 9.90. The van der Waals surface area contributed by atoms with E-state index >= 15 is 0 Å². The monoisotopic (exact) mass is 416 g/mol. The summed E-state index contributed by atoms with van der Waals surface area (Å²) in [7, 11) is 0. The molecule has 0 radical (unpaired) electrons. The first-order valence-electron chi connectivity index (χ1n) is 10.7. The SMILES string of the molecule is Oc1ccc2ccccc2c1-c1c(OCC2CCCCC2)ccc2ccccc12.S. The summed E-state index contributed by atoms with van der Waals surface area (Å²) in [6.07, 6.45) is 6.47. The molecule has 0 bridgehead atoms. The van der Waals surface area contributed by atoms with Crippen LogP contribution in [0.1, 0.15) is 32.1 Å². The van der Waals surface area contributed by atoms with Crippen LogP contribution in [-0.2, 0) is 0 Å². The molecule has 30 heavy (non-hydrogen) atoms. The van der Waals surface area contributed by atoms with Gasteiger partial charge in [-0.25, -0.2) is 0 Å². The summed E-state index contributed by atoms with van der Waals surface area (Å²) in [4.78, 5) is 0. The highest BCUT2D eigenvalue weighted by Crippen LogP contribution is 2.45. The van der Waals surface area contributed by atoms with Gasteiger partial charge in [-0.2, -0.15) is 13.5 Å². The maximum absolute atomic E-state index is 10.9. The van der Waals surface area contributed by atoms with E-state index in [-0.39, 0.29) is 13.5 Å². The van der Waals surface area contributed by atoms with Crippen LogP contribution in [0.3, 0.4) is 0 Å². The largest absolute Gasteiger partial charge is 0.507 e. The standard InChI is InChI=1S/C27H26O2.H2S/c28-24-16-14-20-10-4-6-12-22(20)26(24)27-23-13-7-5-11-21(23)15-17-25(27)29-18-19-8-2-1-3-9-19;/h4-7,10-17,19,28H,1-3,8-9,18H2;1H2. The first-order chi connectivity index (χ1) is 14.3. The van der Waals surface area contributed by atoms with Gasteiger partial charge in [0, 0.05) is 11.1 Å². The fourth-order valence-electron chi connectivity index (χ4n) is 4.71. The molecule has 1 aliphatic rings. The van der Waals surface area contributed by atoms with Gasteiger partial charge < -0.3 is 9.84 Å². The minimum absolute atomic E-state index is 0. The van der Waals surface area contributed by atoms with Gasteiger partial charge in [0.2, 0.25) is 0 Å². The second-order valence-electron chi connectivity index (χ2n) is 8.16. The smallest absolute Gasteiger partial charge is 0.127 e. The van der Waals surface area contributed by atoms with E-state index in [4.69, 9.17) is 4.74 Å². The first kappa shape index (κ1) is 20.6. The Balaban J connectivity index is 0.00000218. The van der Waals surface area contributed by atoms with Gasteiger partial charge in [0.05, 0.1) is 6.61 Å². The van der Waals surface area contributed by atoms with Crippen molar-refractivity contribution in [2.45, 2.75) is 32.1 Å². The molecule has 4 aromatic carbocycles. The molecule has 3 heteroatoms. The van der Waals surface area contributed by atoms with E-state index in [1.807, 2.05) is 18.2 Å². The van der Waals surface area contributed by atoms with E-state index in [1.165, 1.54) is 32.1 Å². The lowest BCUT2D eigenvalue weighted by Crippen LogP contribution is -2.15. The Hall–Kier alpha value is -2.65. The van der Waals surface area contributed by atoms with Gasteiger partial charge in [-0.15, -0.1) is 0 Å². The van der Waals surface area contributed by atoms with E-state index < -0.39 is 0 Å². The molecule has 0 spiro atoms. The van der Waals surface area contributed by atoms with Gasteiger partial charge >= 0.3 is 0 Å². The Bertz CT molecular complexity index is 1160. The quantitative estimate of drug-likeness (QED) is 0.375. The number of ether oxygens (including phenoxy) is 1. The predicted molar refractivity (Wildman–Crippen MR) is 131 cm³/mol. The minimum Gasteiger partial charge on any atom is -0.507 e. The number of phenolic OH excluding ortho intramolecular Hbond substituents is 1. The molecule has 0 aliphatic heterocycles. The van der Waals surface area contributed by atoms with Crippen LogP contribution in [0.15, 0.2) is 72.8 Å². The molecule has 154 valence electrons. The topological polar surface area (TPSA) is 29.5 Å². The van der Waals surface area contributed by atoms with Crippen molar-refractivity contribution in [2.24, 2.45) is 5.92 Å². The zero-order valence-electron chi connectivity index (χ0n) is 17.1. The van der Waals surface area contributed by atoms with Gasteiger partial charge in [0.25, 0.3) is 0 Å². The van der Waals surface area contributed by atoms with Crippen LogP contribution in [0.2, 0.25) is 0 Å². The van der Waals surface area contributed by atoms with Crippen molar-refractivity contribution in [3.63, 3.8) is 0 Å². The second-order valence-corrected chi connectivity index (χ2v) is 8.16. The molecule has 4 aromatic rings. The molecule has 0 heterocycles. The summed E-state index contributed by atoms with van der Waals surface area (Å²) in [5, 5.41) is 15.3. The molecule has 2 nitrogen and oxygen atoms in total. The highest BCUT2D eigenvalue weighted by Gasteiger charge is 2.19. The van der Waals surface area contributed by atoms with E-state index in [1.54, 1.807) is 6.07 Å². The minimum atomic E-state index is 0. The molecular weight excluding hydrogens is 388 g/mol. The fraction of sp³-hybridized carbons (Fsp3) is 0.259. The molecule has 1 aliphatic carbocycles. The van der Waals surface area contributed by atoms with Gasteiger partial charge in [0.1, 0.15) is 11.5 Å². The van der Waals surface area contributed by atoms with Gasteiger partial charge in [-0.05, 0) is 52.4 Å². The van der Waals surface area contributed by atoms with E-state index in [0.29, 0.717) is 11.7 Å². The van der Waals surface area contributed by atoms with Gasteiger partial charge in [-0.3, -0.25) is 0 Å². The van der Waals surface area contributed by atoms with Crippen molar-refractivity contribution in [3.8, 4) is 22.6 Å².